The Hall–Kier alpha value is -13.3. The Morgan fingerprint density at radius 2 is 0.642 bits per heavy atom. The Labute approximate surface area is 541 Å². The molecular formula is C85H47N9O. The molecule has 0 N–H and O–H groups in total. The smallest absolute Gasteiger partial charge is 0.188 e. The molecule has 0 amide bonds. The number of hydrogen-bond donors (Lipinski definition) is 0. The second-order valence-corrected chi connectivity index (χ2v) is 25.0. The summed E-state index contributed by atoms with van der Waals surface area (Å²) >= 11 is 0. The fourth-order valence-corrected chi connectivity index (χ4v) is 16.6. The summed E-state index contributed by atoms with van der Waals surface area (Å²) in [6.07, 6.45) is 4.05. The highest BCUT2D eigenvalue weighted by Crippen LogP contribution is 2.63. The predicted molar refractivity (Wildman–Crippen MR) is 382 cm³/mol. The van der Waals surface area contributed by atoms with Crippen LogP contribution in [-0.4, -0.2) is 32.8 Å². The van der Waals surface area contributed by atoms with E-state index in [0.29, 0.717) is 22.7 Å². The average Bonchev–Trinajstić information content (AvgIpc) is 1.56. The maximum atomic E-state index is 9.99. The van der Waals surface area contributed by atoms with Crippen LogP contribution >= 0.6 is 0 Å². The average molecular weight is 1210 g/mol. The molecule has 0 saturated heterocycles. The van der Waals surface area contributed by atoms with E-state index in [1.165, 1.54) is 21.5 Å². The monoisotopic (exact) mass is 1210 g/mol. The summed E-state index contributed by atoms with van der Waals surface area (Å²) < 4.78 is 19.4. The molecule has 1 spiro atoms. The molecule has 438 valence electrons. The van der Waals surface area contributed by atoms with Gasteiger partial charge in [-0.1, -0.05) is 146 Å². The van der Waals surface area contributed by atoms with Gasteiger partial charge in [0.2, 0.25) is 0 Å². The Kier molecular flexibility index (Phi) is 10.2. The van der Waals surface area contributed by atoms with E-state index >= 15 is 0 Å². The van der Waals surface area contributed by atoms with Crippen LogP contribution < -0.4 is 4.74 Å². The third-order valence-corrected chi connectivity index (χ3v) is 20.4. The van der Waals surface area contributed by atoms with Crippen LogP contribution in [0.2, 0.25) is 0 Å². The number of rotatable bonds is 5. The van der Waals surface area contributed by atoms with Gasteiger partial charge < -0.3 is 27.6 Å². The van der Waals surface area contributed by atoms with E-state index in [0.717, 1.165) is 150 Å². The zero-order valence-corrected chi connectivity index (χ0v) is 50.6. The highest BCUT2D eigenvalue weighted by Gasteiger charge is 2.53. The van der Waals surface area contributed by atoms with Gasteiger partial charge in [0.25, 0.3) is 0 Å². The number of fused-ring (bicyclic) bond motifs is 24. The van der Waals surface area contributed by atoms with Crippen LogP contribution in [0.1, 0.15) is 27.8 Å². The molecule has 19 aromatic rings. The first-order valence-corrected chi connectivity index (χ1v) is 31.9. The molecule has 0 bridgehead atoms. The van der Waals surface area contributed by atoms with Crippen molar-refractivity contribution in [3.05, 3.63) is 325 Å². The third-order valence-electron chi connectivity index (χ3n) is 20.4. The van der Waals surface area contributed by atoms with Crippen molar-refractivity contribution >= 4 is 115 Å². The van der Waals surface area contributed by atoms with Gasteiger partial charge in [0.15, 0.2) is 5.69 Å². The lowest BCUT2D eigenvalue weighted by Gasteiger charge is -2.39. The van der Waals surface area contributed by atoms with Gasteiger partial charge in [0.05, 0.1) is 114 Å². The predicted octanol–water partition coefficient (Wildman–Crippen LogP) is 20.9. The van der Waals surface area contributed by atoms with Gasteiger partial charge in [0.1, 0.15) is 11.5 Å². The Morgan fingerprint density at radius 1 is 0.316 bits per heavy atom. The van der Waals surface area contributed by atoms with Crippen LogP contribution in [0, 0.1) is 17.9 Å². The second kappa shape index (κ2) is 18.9. The molecule has 2 aliphatic rings. The summed E-state index contributed by atoms with van der Waals surface area (Å²) in [4.78, 5) is 15.1. The topological polar surface area (TPSA) is 87.8 Å². The van der Waals surface area contributed by atoms with Crippen molar-refractivity contribution in [2.75, 3.05) is 0 Å². The van der Waals surface area contributed by atoms with Crippen molar-refractivity contribution in [1.29, 1.82) is 5.26 Å². The normalized spacial score (nSPS) is 13.0. The zero-order valence-electron chi connectivity index (χ0n) is 50.6. The molecule has 10 heteroatoms. The molecule has 1 aliphatic heterocycles. The number of nitriles is 1. The molecule has 8 heterocycles. The number of benzene rings is 12. The molecule has 0 radical (unpaired) electrons. The SMILES string of the molecule is [C-]#[N+]c1ccc2c(c1)c1ccccc1n2-c1ccc2c(c1)Oc1cc(-n3c4ccccc4c4cc(-n5c6ccccc6c6cc(C#N)ccc65)ccc43)ccc1C21c2cc(-n3c4ccccc4c4ccccc43)cnc2-c2ncc(-n3c4ccccc4c4ccccc43)cc21. The van der Waals surface area contributed by atoms with Gasteiger partial charge >= 0.3 is 0 Å². The Balaban J connectivity index is 0.850. The van der Waals surface area contributed by atoms with E-state index < -0.39 is 5.41 Å². The van der Waals surface area contributed by atoms with Crippen molar-refractivity contribution in [2.24, 2.45) is 0 Å². The second-order valence-electron chi connectivity index (χ2n) is 25.0. The van der Waals surface area contributed by atoms with E-state index in [-0.39, 0.29) is 0 Å². The molecule has 0 fully saturated rings. The fourth-order valence-electron chi connectivity index (χ4n) is 16.6. The van der Waals surface area contributed by atoms with Crippen LogP contribution in [0.4, 0.5) is 5.69 Å². The molecular weight excluding hydrogens is 1160 g/mol. The van der Waals surface area contributed by atoms with Crippen molar-refractivity contribution in [3.63, 3.8) is 0 Å². The van der Waals surface area contributed by atoms with Crippen molar-refractivity contribution in [1.82, 2.24) is 32.8 Å². The van der Waals surface area contributed by atoms with Crippen LogP contribution in [-0.2, 0) is 5.41 Å². The van der Waals surface area contributed by atoms with Gasteiger partial charge in [0, 0.05) is 99.9 Å². The number of hydrogen-bond acceptors (Lipinski definition) is 4. The number of pyridine rings is 2. The van der Waals surface area contributed by atoms with E-state index in [1.54, 1.807) is 0 Å². The first-order chi connectivity index (χ1) is 47.0. The lowest BCUT2D eigenvalue weighted by atomic mass is 9.66. The first-order valence-electron chi connectivity index (χ1n) is 31.9. The van der Waals surface area contributed by atoms with E-state index in [9.17, 15) is 5.26 Å². The Bertz CT molecular complexity index is 6480. The van der Waals surface area contributed by atoms with Gasteiger partial charge in [-0.25, -0.2) is 4.85 Å². The van der Waals surface area contributed by atoms with Crippen molar-refractivity contribution in [3.8, 4) is 57.4 Å². The molecule has 0 atom stereocenters. The number of aromatic nitrogens is 7. The fraction of sp³-hybridized carbons (Fsp3) is 0.0118. The molecule has 1 aliphatic carbocycles. The molecule has 95 heavy (non-hydrogen) atoms. The van der Waals surface area contributed by atoms with Crippen molar-refractivity contribution < 1.29 is 4.74 Å². The van der Waals surface area contributed by atoms with Gasteiger partial charge in [-0.3, -0.25) is 9.97 Å². The van der Waals surface area contributed by atoms with Gasteiger partial charge in [-0.15, -0.1) is 0 Å². The number of nitrogens with zero attached hydrogens (tertiary/aromatic N) is 9. The van der Waals surface area contributed by atoms with Crippen molar-refractivity contribution in [2.45, 2.75) is 5.41 Å². The minimum Gasteiger partial charge on any atom is -0.457 e. The third kappa shape index (κ3) is 6.83. The summed E-state index contributed by atoms with van der Waals surface area (Å²) in [5, 5.41) is 21.1. The molecule has 10 nitrogen and oxygen atoms in total. The summed E-state index contributed by atoms with van der Waals surface area (Å²) in [6.45, 7) is 8.01. The standard InChI is InChI=1S/C85H47N9O/c1-87-51-31-38-79-65(41-51)62-21-7-14-28-76(62)91(79)53-32-35-67-81(45-53)95-82-46-54(92-77-29-15-8-22-63(77)66-42-52(34-39-80(66)92)90-75-27-13-6-20-61(75)64-40-50(47-86)30-37-78(64)90)33-36-68(82)85(67)69-43-55(93-71-23-9-2-16-57(71)58-17-3-10-24-72(58)93)48-88-83(69)84-70(85)44-56(49-89-84)94-73-25-11-4-18-59(73)60-19-5-12-26-74(60)94/h2-46,48-49H. The number of ether oxygens (including phenoxy) is 1. The maximum absolute atomic E-state index is 9.99. The summed E-state index contributed by atoms with van der Waals surface area (Å²) in [6, 6.07) is 99.6. The summed E-state index contributed by atoms with van der Waals surface area (Å²) in [5.74, 6) is 1.39. The zero-order chi connectivity index (χ0) is 62.4. The summed E-state index contributed by atoms with van der Waals surface area (Å²) in [5.41, 5.74) is 21.0. The molecule has 12 aromatic carbocycles. The lowest BCUT2D eigenvalue weighted by molar-refractivity contribution is 0.436. The minimum atomic E-state index is -1.06. The van der Waals surface area contributed by atoms with Crippen LogP contribution in [0.25, 0.3) is 154 Å². The van der Waals surface area contributed by atoms with Gasteiger partial charge in [-0.2, -0.15) is 5.26 Å². The first kappa shape index (κ1) is 51.5. The summed E-state index contributed by atoms with van der Waals surface area (Å²) in [7, 11) is 0. The lowest BCUT2D eigenvalue weighted by Crippen LogP contribution is -2.32. The minimum absolute atomic E-state index is 0.590. The van der Waals surface area contributed by atoms with E-state index in [4.69, 9.17) is 21.3 Å². The largest absolute Gasteiger partial charge is 0.457 e. The maximum Gasteiger partial charge on any atom is 0.188 e. The molecule has 0 unspecified atom stereocenters. The van der Waals surface area contributed by atoms with E-state index in [1.807, 2.05) is 36.7 Å². The Morgan fingerprint density at radius 3 is 1.05 bits per heavy atom. The highest BCUT2D eigenvalue weighted by molar-refractivity contribution is 6.15. The van der Waals surface area contributed by atoms with E-state index in [2.05, 4.69) is 282 Å². The number of para-hydroxylation sites is 7. The quantitative estimate of drug-likeness (QED) is 0.161. The van der Waals surface area contributed by atoms with Gasteiger partial charge in [-0.05, 0) is 121 Å². The van der Waals surface area contributed by atoms with Crippen LogP contribution in [0.3, 0.4) is 0 Å². The molecule has 0 saturated carbocycles. The molecule has 21 rings (SSSR count). The highest BCUT2D eigenvalue weighted by atomic mass is 16.5. The molecule has 7 aromatic heterocycles. The van der Waals surface area contributed by atoms with Crippen LogP contribution in [0.15, 0.2) is 285 Å². The van der Waals surface area contributed by atoms with Crippen LogP contribution in [0.5, 0.6) is 11.5 Å².